The van der Waals surface area contributed by atoms with Crippen molar-refractivity contribution < 1.29 is 23.8 Å². The van der Waals surface area contributed by atoms with E-state index >= 15 is 0 Å². The van der Waals surface area contributed by atoms with Crippen molar-refractivity contribution in [2.24, 2.45) is 0 Å². The summed E-state index contributed by atoms with van der Waals surface area (Å²) in [6.07, 6.45) is 3.18. The largest absolute Gasteiger partial charge is 0.746 e. The second-order valence-corrected chi connectivity index (χ2v) is 5.15. The summed E-state index contributed by atoms with van der Waals surface area (Å²) in [7, 11) is -2.47. The molecule has 0 spiro atoms. The Morgan fingerprint density at radius 2 is 2.27 bits per heavy atom. The average Bonchev–Trinajstić information content (AvgIpc) is 2.92. The summed E-state index contributed by atoms with van der Waals surface area (Å²) < 4.78 is 20.2. The lowest BCUT2D eigenvalue weighted by Gasteiger charge is -2.14. The van der Waals surface area contributed by atoms with Crippen molar-refractivity contribution in [1.29, 1.82) is 0 Å². The van der Waals surface area contributed by atoms with Gasteiger partial charge in [-0.1, -0.05) is 6.58 Å². The molecular weight excluding hydrogens is 315 g/mol. The van der Waals surface area contributed by atoms with Crippen LogP contribution in [0.25, 0.3) is 0 Å². The Morgan fingerprint density at radius 3 is 2.73 bits per heavy atom. The van der Waals surface area contributed by atoms with Gasteiger partial charge in [0.1, 0.15) is 12.5 Å². The highest BCUT2D eigenvalue weighted by molar-refractivity contribution is 7.32. The second-order valence-electron chi connectivity index (χ2n) is 4.46. The van der Waals surface area contributed by atoms with Crippen molar-refractivity contribution in [3.05, 3.63) is 45.4 Å². The van der Waals surface area contributed by atoms with Crippen molar-refractivity contribution in [3.8, 4) is 0 Å². The van der Waals surface area contributed by atoms with Crippen molar-refractivity contribution in [2.75, 3.05) is 6.61 Å². The molecule has 10 heteroatoms. The molecule has 0 aromatic carbocycles. The van der Waals surface area contributed by atoms with E-state index in [1.54, 1.807) is 6.92 Å². The zero-order chi connectivity index (χ0) is 16.7. The van der Waals surface area contributed by atoms with Crippen LogP contribution in [0, 0.1) is 6.92 Å². The summed E-state index contributed by atoms with van der Waals surface area (Å²) in [5.74, 6) is 0. The molecule has 1 unspecified atom stereocenters. The Kier molecular flexibility index (Phi) is 7.13. The van der Waals surface area contributed by atoms with Gasteiger partial charge in [0, 0.05) is 16.3 Å². The van der Waals surface area contributed by atoms with Gasteiger partial charge in [0.15, 0.2) is 0 Å². The van der Waals surface area contributed by atoms with Crippen LogP contribution < -0.4 is 11.2 Å². The van der Waals surface area contributed by atoms with Crippen molar-refractivity contribution in [1.82, 2.24) is 9.55 Å². The number of nitrogens with one attached hydrogen (secondary N) is 1. The van der Waals surface area contributed by atoms with E-state index in [4.69, 9.17) is 14.7 Å². The highest BCUT2D eigenvalue weighted by atomic mass is 31.1. The molecule has 1 saturated heterocycles. The number of rotatable bonds is 4. The summed E-state index contributed by atoms with van der Waals surface area (Å²) in [6.45, 7) is 4.62. The highest BCUT2D eigenvalue weighted by Gasteiger charge is 2.26. The number of aromatic amines is 1. The van der Waals surface area contributed by atoms with Crippen LogP contribution in [-0.4, -0.2) is 32.3 Å². The average molecular weight is 333 g/mol. The molecule has 122 valence electrons. The van der Waals surface area contributed by atoms with E-state index in [1.165, 1.54) is 10.8 Å². The SMILES string of the molecule is C=CO[P+](=O)O.Cc1cn([C@H]2CC[C@@H](CO)O2)c(=O)[nH]c1=O. The van der Waals surface area contributed by atoms with Crippen molar-refractivity contribution in [3.63, 3.8) is 0 Å². The number of H-pyrrole nitrogens is 1. The van der Waals surface area contributed by atoms with Crippen LogP contribution in [-0.2, 0) is 13.8 Å². The van der Waals surface area contributed by atoms with E-state index in [0.717, 1.165) is 6.26 Å². The molecule has 3 atom stereocenters. The van der Waals surface area contributed by atoms with Crippen LogP contribution >= 0.6 is 8.25 Å². The van der Waals surface area contributed by atoms with Gasteiger partial charge in [0.25, 0.3) is 5.56 Å². The maximum Gasteiger partial charge on any atom is 0.746 e. The molecule has 2 rings (SSSR count). The normalized spacial score (nSPS) is 20.8. The Labute approximate surface area is 126 Å². The molecule has 1 aromatic heterocycles. The number of aliphatic hydroxyl groups excluding tert-OH is 1. The quantitative estimate of drug-likeness (QED) is 0.534. The molecule has 0 radical (unpaired) electrons. The first kappa shape index (κ1) is 18.2. The summed E-state index contributed by atoms with van der Waals surface area (Å²) in [5.41, 5.74) is -0.382. The first-order chi connectivity index (χ1) is 10.4. The predicted octanol–water partition coefficient (Wildman–Crippen LogP) is 0.311. The van der Waals surface area contributed by atoms with Gasteiger partial charge in [-0.05, 0) is 19.8 Å². The van der Waals surface area contributed by atoms with Gasteiger partial charge in [-0.3, -0.25) is 14.3 Å². The van der Waals surface area contributed by atoms with Gasteiger partial charge in [0.2, 0.25) is 0 Å². The number of aryl methyl sites for hydroxylation is 1. The van der Waals surface area contributed by atoms with Crippen LogP contribution in [0.5, 0.6) is 0 Å². The van der Waals surface area contributed by atoms with E-state index in [2.05, 4.69) is 16.1 Å². The fourth-order valence-electron chi connectivity index (χ4n) is 1.89. The minimum absolute atomic E-state index is 0.0480. The summed E-state index contributed by atoms with van der Waals surface area (Å²) >= 11 is 0. The molecule has 0 bridgehead atoms. The lowest BCUT2D eigenvalue weighted by molar-refractivity contribution is -0.0247. The fraction of sp³-hybridized carbons (Fsp3) is 0.500. The Balaban J connectivity index is 0.000000346. The van der Waals surface area contributed by atoms with Crippen LogP contribution in [0.1, 0.15) is 24.6 Å². The lowest BCUT2D eigenvalue weighted by atomic mass is 10.2. The maximum atomic E-state index is 11.5. The first-order valence-electron chi connectivity index (χ1n) is 6.41. The molecule has 0 saturated carbocycles. The fourth-order valence-corrected chi connectivity index (χ4v) is 2.02. The Bertz CT molecular complexity index is 639. The molecule has 1 aliphatic rings. The molecule has 0 aliphatic carbocycles. The smallest absolute Gasteiger partial charge is 0.394 e. The van der Waals surface area contributed by atoms with Gasteiger partial charge in [-0.2, -0.15) is 0 Å². The third-order valence-electron chi connectivity index (χ3n) is 2.91. The summed E-state index contributed by atoms with van der Waals surface area (Å²) in [5, 5.41) is 8.93. The standard InChI is InChI=1S/C10H14N2O4.C2H3O3P/c1-6-4-12(10(15)11-9(6)14)8-3-2-7(5-13)16-8;1-2-5-6(3)4/h4,7-8,13H,2-3,5H2,1H3,(H,11,14,15);2H,1H2/p+1/t7-,8+;/m0./s1. The minimum atomic E-state index is -2.47. The van der Waals surface area contributed by atoms with Crippen LogP contribution in [0.15, 0.2) is 28.6 Å². The third kappa shape index (κ3) is 5.19. The number of ether oxygens (including phenoxy) is 1. The molecule has 1 aromatic rings. The van der Waals surface area contributed by atoms with Gasteiger partial charge < -0.3 is 9.84 Å². The number of hydrogen-bond donors (Lipinski definition) is 3. The molecule has 1 aliphatic heterocycles. The van der Waals surface area contributed by atoms with Gasteiger partial charge in [-0.15, -0.1) is 4.89 Å². The Hall–Kier alpha value is -1.80. The van der Waals surface area contributed by atoms with Crippen LogP contribution in [0.4, 0.5) is 0 Å². The molecule has 22 heavy (non-hydrogen) atoms. The lowest BCUT2D eigenvalue weighted by Crippen LogP contribution is -2.33. The van der Waals surface area contributed by atoms with E-state index < -0.39 is 13.9 Å². The molecular formula is C12H18N2O7P+. The first-order valence-corrected chi connectivity index (χ1v) is 7.54. The van der Waals surface area contributed by atoms with Gasteiger partial charge >= 0.3 is 13.9 Å². The number of aromatic nitrogens is 2. The van der Waals surface area contributed by atoms with E-state index in [0.29, 0.717) is 18.4 Å². The number of hydrogen-bond acceptors (Lipinski definition) is 6. The molecule has 9 nitrogen and oxygen atoms in total. The number of nitrogens with zero attached hydrogens (tertiary/aromatic N) is 1. The predicted molar refractivity (Wildman–Crippen MR) is 77.4 cm³/mol. The van der Waals surface area contributed by atoms with E-state index in [1.807, 2.05) is 0 Å². The topological polar surface area (TPSA) is 131 Å². The molecule has 1 fully saturated rings. The minimum Gasteiger partial charge on any atom is -0.394 e. The van der Waals surface area contributed by atoms with Gasteiger partial charge in [-0.25, -0.2) is 9.32 Å². The number of aliphatic hydroxyl groups is 1. The zero-order valence-electron chi connectivity index (χ0n) is 12.0. The molecule has 2 heterocycles. The summed E-state index contributed by atoms with van der Waals surface area (Å²) in [6, 6.07) is 0. The zero-order valence-corrected chi connectivity index (χ0v) is 12.9. The highest BCUT2D eigenvalue weighted by Crippen LogP contribution is 2.26. The summed E-state index contributed by atoms with van der Waals surface area (Å²) in [4.78, 5) is 32.7. The maximum absolute atomic E-state index is 11.5. The van der Waals surface area contributed by atoms with Crippen molar-refractivity contribution >= 4 is 8.25 Å². The van der Waals surface area contributed by atoms with Gasteiger partial charge in [0.05, 0.1) is 12.7 Å². The van der Waals surface area contributed by atoms with Crippen molar-refractivity contribution in [2.45, 2.75) is 32.1 Å². The van der Waals surface area contributed by atoms with E-state index in [-0.39, 0.29) is 24.5 Å². The molecule has 3 N–H and O–H groups in total. The second kappa shape index (κ2) is 8.60. The molecule has 0 amide bonds. The third-order valence-corrected chi connectivity index (χ3v) is 3.24. The van der Waals surface area contributed by atoms with Crippen LogP contribution in [0.2, 0.25) is 0 Å². The van der Waals surface area contributed by atoms with E-state index in [9.17, 15) is 14.2 Å². The van der Waals surface area contributed by atoms with Crippen LogP contribution in [0.3, 0.4) is 0 Å². The Morgan fingerprint density at radius 1 is 1.59 bits per heavy atom. The monoisotopic (exact) mass is 333 g/mol.